The molecular weight excluding hydrogens is 164 g/mol. The highest BCUT2D eigenvalue weighted by Crippen LogP contribution is 2.13. The van der Waals surface area contributed by atoms with Crippen LogP contribution in [0.3, 0.4) is 0 Å². The molecule has 0 N–H and O–H groups in total. The first-order valence-electron chi connectivity index (χ1n) is 5.00. The van der Waals surface area contributed by atoms with Gasteiger partial charge in [0.2, 0.25) is 0 Å². The average molecular weight is 184 g/mol. The molecule has 0 heterocycles. The average Bonchev–Trinajstić information content (AvgIpc) is 2.17. The van der Waals surface area contributed by atoms with Crippen LogP contribution in [0.2, 0.25) is 0 Å². The highest BCUT2D eigenvalue weighted by Gasteiger charge is 2.01. The van der Waals surface area contributed by atoms with Crippen molar-refractivity contribution < 1.29 is 9.53 Å². The highest BCUT2D eigenvalue weighted by molar-refractivity contribution is 5.81. The number of hydrogen-bond donors (Lipinski definition) is 0. The number of hydrogen-bond acceptors (Lipinski definition) is 2. The Kier molecular flexibility index (Phi) is 7.36. The molecule has 0 fully saturated rings. The molecule has 2 heteroatoms. The Morgan fingerprint density at radius 3 is 2.62 bits per heavy atom. The first-order chi connectivity index (χ1) is 6.24. The van der Waals surface area contributed by atoms with Crippen LogP contribution >= 0.6 is 0 Å². The van der Waals surface area contributed by atoms with Gasteiger partial charge in [-0.3, -0.25) is 0 Å². The fourth-order valence-electron chi connectivity index (χ4n) is 1.19. The Hall–Kier alpha value is -0.790. The monoisotopic (exact) mass is 184 g/mol. The Balaban J connectivity index is 3.81. The Labute approximate surface area is 81.0 Å². The van der Waals surface area contributed by atoms with E-state index in [2.05, 4.69) is 18.6 Å². The molecule has 1 atom stereocenters. The molecule has 0 spiro atoms. The summed E-state index contributed by atoms with van der Waals surface area (Å²) >= 11 is 0. The minimum atomic E-state index is -0.255. The summed E-state index contributed by atoms with van der Waals surface area (Å²) in [6.45, 7) is 4.32. The third-order valence-corrected chi connectivity index (χ3v) is 2.16. The predicted octanol–water partition coefficient (Wildman–Crippen LogP) is 2.93. The van der Waals surface area contributed by atoms with Crippen LogP contribution in [0.5, 0.6) is 0 Å². The third-order valence-electron chi connectivity index (χ3n) is 2.16. The van der Waals surface area contributed by atoms with Gasteiger partial charge in [0.15, 0.2) is 0 Å². The zero-order chi connectivity index (χ0) is 10.1. The van der Waals surface area contributed by atoms with Crippen LogP contribution in [0.15, 0.2) is 12.2 Å². The Bertz CT molecular complexity index is 161. The summed E-state index contributed by atoms with van der Waals surface area (Å²) in [7, 11) is 1.40. The van der Waals surface area contributed by atoms with E-state index in [1.807, 2.05) is 6.08 Å². The fraction of sp³-hybridized carbons (Fsp3) is 0.727. The molecule has 0 saturated heterocycles. The number of esters is 1. The summed E-state index contributed by atoms with van der Waals surface area (Å²) in [6, 6.07) is 0. The Morgan fingerprint density at radius 2 is 2.15 bits per heavy atom. The van der Waals surface area contributed by atoms with Gasteiger partial charge >= 0.3 is 5.97 Å². The van der Waals surface area contributed by atoms with Gasteiger partial charge in [0, 0.05) is 6.08 Å². The molecule has 0 radical (unpaired) electrons. The van der Waals surface area contributed by atoms with Crippen molar-refractivity contribution in [1.29, 1.82) is 0 Å². The van der Waals surface area contributed by atoms with Gasteiger partial charge in [-0.1, -0.05) is 32.8 Å². The second-order valence-electron chi connectivity index (χ2n) is 3.19. The van der Waals surface area contributed by atoms with Crippen molar-refractivity contribution in [3.8, 4) is 0 Å². The fourth-order valence-corrected chi connectivity index (χ4v) is 1.19. The van der Waals surface area contributed by atoms with E-state index in [1.165, 1.54) is 32.4 Å². The van der Waals surface area contributed by atoms with Gasteiger partial charge in [0.25, 0.3) is 0 Å². The molecule has 13 heavy (non-hydrogen) atoms. The molecule has 2 nitrogen and oxygen atoms in total. The minimum absolute atomic E-state index is 0.255. The van der Waals surface area contributed by atoms with Crippen LogP contribution in [-0.2, 0) is 9.53 Å². The number of methoxy groups -OCH3 is 1. The highest BCUT2D eigenvalue weighted by atomic mass is 16.5. The smallest absolute Gasteiger partial charge is 0.330 e. The van der Waals surface area contributed by atoms with Crippen LogP contribution in [0.4, 0.5) is 0 Å². The molecule has 0 aliphatic heterocycles. The summed E-state index contributed by atoms with van der Waals surface area (Å²) in [5.41, 5.74) is 0. The van der Waals surface area contributed by atoms with Crippen LogP contribution in [0.1, 0.15) is 39.5 Å². The molecule has 0 amide bonds. The second-order valence-corrected chi connectivity index (χ2v) is 3.19. The number of unbranched alkanes of at least 4 members (excludes halogenated alkanes) is 1. The van der Waals surface area contributed by atoms with Crippen LogP contribution in [-0.4, -0.2) is 13.1 Å². The predicted molar refractivity (Wildman–Crippen MR) is 54.5 cm³/mol. The van der Waals surface area contributed by atoms with Gasteiger partial charge in [-0.25, -0.2) is 4.79 Å². The van der Waals surface area contributed by atoms with Crippen molar-refractivity contribution in [3.05, 3.63) is 12.2 Å². The van der Waals surface area contributed by atoms with E-state index >= 15 is 0 Å². The van der Waals surface area contributed by atoms with Crippen molar-refractivity contribution in [1.82, 2.24) is 0 Å². The van der Waals surface area contributed by atoms with Crippen molar-refractivity contribution in [3.63, 3.8) is 0 Å². The van der Waals surface area contributed by atoms with Crippen LogP contribution in [0, 0.1) is 5.92 Å². The maximum atomic E-state index is 10.8. The largest absolute Gasteiger partial charge is 0.466 e. The third kappa shape index (κ3) is 6.38. The van der Waals surface area contributed by atoms with Gasteiger partial charge < -0.3 is 4.74 Å². The second kappa shape index (κ2) is 7.84. The Morgan fingerprint density at radius 1 is 1.46 bits per heavy atom. The molecule has 0 aliphatic carbocycles. The normalized spacial score (nSPS) is 13.2. The number of carbonyl (C=O) groups excluding carboxylic acids is 1. The van der Waals surface area contributed by atoms with Crippen molar-refractivity contribution in [2.75, 3.05) is 7.11 Å². The van der Waals surface area contributed by atoms with E-state index in [1.54, 1.807) is 0 Å². The minimum Gasteiger partial charge on any atom is -0.466 e. The van der Waals surface area contributed by atoms with E-state index < -0.39 is 0 Å². The molecule has 1 unspecified atom stereocenters. The first kappa shape index (κ1) is 12.2. The summed E-state index contributed by atoms with van der Waals surface area (Å²) in [6.07, 6.45) is 8.19. The van der Waals surface area contributed by atoms with E-state index in [-0.39, 0.29) is 5.97 Å². The van der Waals surface area contributed by atoms with E-state index in [0.717, 1.165) is 6.42 Å². The van der Waals surface area contributed by atoms with Gasteiger partial charge in [0.1, 0.15) is 0 Å². The summed E-state index contributed by atoms with van der Waals surface area (Å²) in [5.74, 6) is 0.272. The van der Waals surface area contributed by atoms with Gasteiger partial charge in [-0.2, -0.15) is 0 Å². The summed E-state index contributed by atoms with van der Waals surface area (Å²) in [5, 5.41) is 0. The number of allylic oxidation sites excluding steroid dienone is 1. The molecule has 0 bridgehead atoms. The van der Waals surface area contributed by atoms with Gasteiger partial charge in [0.05, 0.1) is 7.11 Å². The molecule has 0 aliphatic rings. The van der Waals surface area contributed by atoms with E-state index in [0.29, 0.717) is 5.92 Å². The topological polar surface area (TPSA) is 26.3 Å². The summed E-state index contributed by atoms with van der Waals surface area (Å²) in [4.78, 5) is 10.8. The maximum absolute atomic E-state index is 10.8. The quantitative estimate of drug-likeness (QED) is 0.468. The number of carbonyl (C=O) groups is 1. The molecule has 0 aromatic carbocycles. The van der Waals surface area contributed by atoms with Crippen LogP contribution in [0.25, 0.3) is 0 Å². The standard InChI is InChI=1S/C11H20O2/c1-4-6-7-10(5-2)8-9-11(12)13-3/h8-10H,4-7H2,1-3H3. The lowest BCUT2D eigenvalue weighted by atomic mass is 9.99. The van der Waals surface area contributed by atoms with Gasteiger partial charge in [-0.05, 0) is 18.8 Å². The van der Waals surface area contributed by atoms with Crippen molar-refractivity contribution in [2.24, 2.45) is 5.92 Å². The van der Waals surface area contributed by atoms with Crippen LogP contribution < -0.4 is 0 Å². The van der Waals surface area contributed by atoms with E-state index in [9.17, 15) is 4.79 Å². The molecule has 0 aromatic rings. The molecule has 76 valence electrons. The lowest BCUT2D eigenvalue weighted by molar-refractivity contribution is -0.134. The maximum Gasteiger partial charge on any atom is 0.330 e. The lowest BCUT2D eigenvalue weighted by Crippen LogP contribution is -1.98. The molecule has 0 aromatic heterocycles. The molecule has 0 rings (SSSR count). The first-order valence-corrected chi connectivity index (χ1v) is 5.00. The zero-order valence-corrected chi connectivity index (χ0v) is 8.88. The van der Waals surface area contributed by atoms with Gasteiger partial charge in [-0.15, -0.1) is 0 Å². The SMILES string of the molecule is CCCCC(C=CC(=O)OC)CC. The van der Waals surface area contributed by atoms with Crippen molar-refractivity contribution in [2.45, 2.75) is 39.5 Å². The van der Waals surface area contributed by atoms with E-state index in [4.69, 9.17) is 0 Å². The zero-order valence-electron chi connectivity index (χ0n) is 8.88. The molecular formula is C11H20O2. The van der Waals surface area contributed by atoms with Crippen molar-refractivity contribution >= 4 is 5.97 Å². The summed E-state index contributed by atoms with van der Waals surface area (Å²) < 4.78 is 4.52. The number of rotatable bonds is 6. The molecule has 0 saturated carbocycles. The lowest BCUT2D eigenvalue weighted by Gasteiger charge is -2.07. The number of ether oxygens (including phenoxy) is 1.